The SMILES string of the molecule is CCCCCCCCOC(=O)c1ccccc1C(=O)OCC(F)(F)C(F)(F)C(F)(F)F. The number of halogens is 7. The molecule has 0 aliphatic heterocycles. The largest absolute Gasteiger partial charge is 0.462 e. The van der Waals surface area contributed by atoms with E-state index in [1.54, 1.807) is 0 Å². The summed E-state index contributed by atoms with van der Waals surface area (Å²) in [6.07, 6.45) is -1.03. The number of carbonyl (C=O) groups excluding carboxylic acids is 2. The average Bonchev–Trinajstić information content (AvgIpc) is 2.70. The Balaban J connectivity index is 2.71. The lowest BCUT2D eigenvalue weighted by atomic mass is 10.1. The standard InChI is InChI=1S/C20H23F7O4/c1-2-3-4-5-6-9-12-30-16(28)14-10-7-8-11-15(14)17(29)31-13-18(21,22)19(23,24)20(25,26)27/h7-8,10-11H,2-6,9,12-13H2,1H3. The van der Waals surface area contributed by atoms with Crippen molar-refractivity contribution in [2.75, 3.05) is 13.2 Å². The van der Waals surface area contributed by atoms with E-state index in [-0.39, 0.29) is 12.2 Å². The number of rotatable bonds is 12. The number of alkyl halides is 7. The zero-order valence-corrected chi connectivity index (χ0v) is 16.7. The van der Waals surface area contributed by atoms with Crippen molar-refractivity contribution in [1.82, 2.24) is 0 Å². The van der Waals surface area contributed by atoms with Crippen LogP contribution in [0.5, 0.6) is 0 Å². The molecule has 0 heterocycles. The summed E-state index contributed by atoms with van der Waals surface area (Å²) < 4.78 is 97.8. The van der Waals surface area contributed by atoms with Gasteiger partial charge in [-0.1, -0.05) is 51.2 Å². The first-order valence-electron chi connectivity index (χ1n) is 9.60. The van der Waals surface area contributed by atoms with E-state index in [0.29, 0.717) is 6.42 Å². The van der Waals surface area contributed by atoms with Crippen LogP contribution in [-0.4, -0.2) is 43.2 Å². The number of hydrogen-bond acceptors (Lipinski definition) is 4. The number of ether oxygens (including phenoxy) is 2. The molecule has 176 valence electrons. The van der Waals surface area contributed by atoms with E-state index >= 15 is 0 Å². The van der Waals surface area contributed by atoms with Crippen molar-refractivity contribution in [2.24, 2.45) is 0 Å². The summed E-state index contributed by atoms with van der Waals surface area (Å²) in [5.41, 5.74) is -0.981. The Labute approximate surface area is 174 Å². The van der Waals surface area contributed by atoms with Gasteiger partial charge in [0, 0.05) is 0 Å². The molecular formula is C20H23F7O4. The third-order valence-electron chi connectivity index (χ3n) is 4.30. The molecule has 0 fully saturated rings. The molecule has 0 atom stereocenters. The van der Waals surface area contributed by atoms with Crippen LogP contribution >= 0.6 is 0 Å². The highest BCUT2D eigenvalue weighted by Gasteiger charge is 2.73. The van der Waals surface area contributed by atoms with E-state index in [4.69, 9.17) is 4.74 Å². The van der Waals surface area contributed by atoms with Gasteiger partial charge in [0.2, 0.25) is 0 Å². The number of unbranched alkanes of at least 4 members (excludes halogenated alkanes) is 5. The Kier molecular flexibility index (Phi) is 9.76. The van der Waals surface area contributed by atoms with Crippen LogP contribution in [0.1, 0.15) is 66.2 Å². The van der Waals surface area contributed by atoms with Gasteiger partial charge in [-0.15, -0.1) is 0 Å². The Morgan fingerprint density at radius 3 is 1.77 bits per heavy atom. The summed E-state index contributed by atoms with van der Waals surface area (Å²) in [7, 11) is 0. The molecule has 0 aromatic heterocycles. The first-order valence-corrected chi connectivity index (χ1v) is 9.60. The van der Waals surface area contributed by atoms with E-state index in [2.05, 4.69) is 11.7 Å². The highest BCUT2D eigenvalue weighted by atomic mass is 19.4. The van der Waals surface area contributed by atoms with Gasteiger partial charge in [-0.25, -0.2) is 9.59 Å². The van der Waals surface area contributed by atoms with Crippen LogP contribution in [0.15, 0.2) is 24.3 Å². The smallest absolute Gasteiger partial charge is 0.460 e. The molecule has 1 aromatic carbocycles. The fourth-order valence-electron chi connectivity index (χ4n) is 2.50. The summed E-state index contributed by atoms with van der Waals surface area (Å²) >= 11 is 0. The average molecular weight is 460 g/mol. The minimum atomic E-state index is -6.54. The molecule has 0 spiro atoms. The molecule has 11 heteroatoms. The van der Waals surface area contributed by atoms with Gasteiger partial charge in [0.15, 0.2) is 6.61 Å². The lowest BCUT2D eigenvalue weighted by molar-refractivity contribution is -0.359. The zero-order valence-electron chi connectivity index (χ0n) is 16.7. The van der Waals surface area contributed by atoms with Crippen molar-refractivity contribution in [2.45, 2.75) is 63.5 Å². The molecular weight excluding hydrogens is 437 g/mol. The van der Waals surface area contributed by atoms with Gasteiger partial charge in [-0.2, -0.15) is 30.7 Å². The van der Waals surface area contributed by atoms with Gasteiger partial charge >= 0.3 is 30.0 Å². The molecule has 0 saturated heterocycles. The first-order chi connectivity index (χ1) is 14.3. The van der Waals surface area contributed by atoms with Gasteiger partial charge < -0.3 is 9.47 Å². The Morgan fingerprint density at radius 1 is 0.774 bits per heavy atom. The van der Waals surface area contributed by atoms with Gasteiger partial charge in [0.25, 0.3) is 0 Å². The Hall–Kier alpha value is -2.33. The maximum atomic E-state index is 13.3. The molecule has 0 aliphatic rings. The van der Waals surface area contributed by atoms with E-state index in [1.165, 1.54) is 12.1 Å². The molecule has 0 N–H and O–H groups in total. The monoisotopic (exact) mass is 460 g/mol. The van der Waals surface area contributed by atoms with E-state index < -0.39 is 42.1 Å². The number of esters is 2. The molecule has 4 nitrogen and oxygen atoms in total. The number of benzene rings is 1. The lowest BCUT2D eigenvalue weighted by Gasteiger charge is -2.27. The fraction of sp³-hybridized carbons (Fsp3) is 0.600. The molecule has 1 rings (SSSR count). The molecule has 0 bridgehead atoms. The third kappa shape index (κ3) is 7.39. The van der Waals surface area contributed by atoms with Crippen molar-refractivity contribution in [1.29, 1.82) is 0 Å². The second kappa shape index (κ2) is 11.3. The van der Waals surface area contributed by atoms with Crippen molar-refractivity contribution in [3.63, 3.8) is 0 Å². The summed E-state index contributed by atoms with van der Waals surface area (Å²) in [4.78, 5) is 24.1. The molecule has 0 saturated carbocycles. The summed E-state index contributed by atoms with van der Waals surface area (Å²) in [6.45, 7) is -0.434. The van der Waals surface area contributed by atoms with Crippen LogP contribution in [0.2, 0.25) is 0 Å². The van der Waals surface area contributed by atoms with Crippen molar-refractivity contribution in [3.05, 3.63) is 35.4 Å². The predicted molar refractivity (Wildman–Crippen MR) is 96.3 cm³/mol. The predicted octanol–water partition coefficient (Wildman–Crippen LogP) is 6.19. The Morgan fingerprint density at radius 2 is 1.26 bits per heavy atom. The summed E-state index contributed by atoms with van der Waals surface area (Å²) in [5, 5.41) is 0. The fourth-order valence-corrected chi connectivity index (χ4v) is 2.50. The van der Waals surface area contributed by atoms with Crippen LogP contribution < -0.4 is 0 Å². The van der Waals surface area contributed by atoms with Crippen LogP contribution in [0.4, 0.5) is 30.7 Å². The first kappa shape index (κ1) is 26.7. The van der Waals surface area contributed by atoms with Crippen molar-refractivity contribution >= 4 is 11.9 Å². The van der Waals surface area contributed by atoms with Gasteiger partial charge in [-0.05, 0) is 18.6 Å². The second-order valence-corrected chi connectivity index (χ2v) is 6.80. The lowest BCUT2D eigenvalue weighted by Crippen LogP contribution is -2.54. The summed E-state index contributed by atoms with van der Waals surface area (Å²) in [5.74, 6) is -14.7. The number of hydrogen-bond donors (Lipinski definition) is 0. The van der Waals surface area contributed by atoms with E-state index in [9.17, 15) is 40.3 Å². The van der Waals surface area contributed by atoms with Crippen molar-refractivity contribution in [3.8, 4) is 0 Å². The molecule has 1 aromatic rings. The van der Waals surface area contributed by atoms with Gasteiger partial charge in [0.1, 0.15) is 0 Å². The molecule has 0 amide bonds. The van der Waals surface area contributed by atoms with E-state index in [1.807, 2.05) is 0 Å². The van der Waals surface area contributed by atoms with Crippen molar-refractivity contribution < 1.29 is 49.8 Å². The van der Waals surface area contributed by atoms with Crippen LogP contribution in [0.3, 0.4) is 0 Å². The van der Waals surface area contributed by atoms with Crippen LogP contribution in [0.25, 0.3) is 0 Å². The molecule has 0 radical (unpaired) electrons. The van der Waals surface area contributed by atoms with Gasteiger partial charge in [-0.3, -0.25) is 0 Å². The zero-order chi connectivity index (χ0) is 23.7. The van der Waals surface area contributed by atoms with Crippen LogP contribution in [-0.2, 0) is 9.47 Å². The third-order valence-corrected chi connectivity index (χ3v) is 4.30. The number of carbonyl (C=O) groups is 2. The molecule has 0 aliphatic carbocycles. The maximum absolute atomic E-state index is 13.3. The van der Waals surface area contributed by atoms with E-state index in [0.717, 1.165) is 44.2 Å². The van der Waals surface area contributed by atoms with Gasteiger partial charge in [0.05, 0.1) is 17.7 Å². The summed E-state index contributed by atoms with van der Waals surface area (Å²) in [6, 6.07) is 4.64. The maximum Gasteiger partial charge on any atom is 0.460 e. The quantitative estimate of drug-likeness (QED) is 0.212. The highest BCUT2D eigenvalue weighted by Crippen LogP contribution is 2.46. The normalized spacial score (nSPS) is 12.5. The second-order valence-electron chi connectivity index (χ2n) is 6.80. The topological polar surface area (TPSA) is 52.6 Å². The molecule has 31 heavy (non-hydrogen) atoms. The van der Waals surface area contributed by atoms with Crippen LogP contribution in [0, 0.1) is 0 Å². The molecule has 0 unspecified atom stereocenters. The Bertz CT molecular complexity index is 732. The minimum absolute atomic E-state index is 0.0320. The highest BCUT2D eigenvalue weighted by molar-refractivity contribution is 6.03. The minimum Gasteiger partial charge on any atom is -0.462 e.